The lowest BCUT2D eigenvalue weighted by molar-refractivity contribution is -0.110. The Hall–Kier alpha value is -0.370. The molecule has 0 fully saturated rings. The van der Waals surface area contributed by atoms with Crippen LogP contribution in [-0.4, -0.2) is 6.29 Å². The Balaban J connectivity index is -0.000000245. The van der Waals surface area contributed by atoms with Gasteiger partial charge in [0.05, 0.1) is 0 Å². The quantitative estimate of drug-likeness (QED) is 0.599. The van der Waals surface area contributed by atoms with Gasteiger partial charge in [-0.25, -0.2) is 0 Å². The van der Waals surface area contributed by atoms with Gasteiger partial charge in [0.2, 0.25) is 0 Å². The topological polar surface area (TPSA) is 52.1 Å². The van der Waals surface area contributed by atoms with Crippen molar-refractivity contribution < 1.29 is 6.22 Å². The molecular weight excluding hydrogens is 114 g/mol. The van der Waals surface area contributed by atoms with Crippen molar-refractivity contribution in [1.29, 1.82) is 0 Å². The van der Waals surface area contributed by atoms with Crippen LogP contribution >= 0.6 is 0 Å². The van der Waals surface area contributed by atoms with E-state index in [1.807, 2.05) is 6.92 Å². The van der Waals surface area contributed by atoms with Gasteiger partial charge in [0.1, 0.15) is 6.29 Å². The van der Waals surface area contributed by atoms with E-state index in [9.17, 15) is 4.79 Å². The molecule has 0 spiro atoms. The van der Waals surface area contributed by atoms with Gasteiger partial charge in [-0.15, -0.1) is 0 Å². The predicted molar refractivity (Wildman–Crippen MR) is 41.9 cm³/mol. The third-order valence-corrected chi connectivity index (χ3v) is 1.25. The van der Waals surface area contributed by atoms with E-state index in [0.29, 0.717) is 0 Å². The summed E-state index contributed by atoms with van der Waals surface area (Å²) >= 11 is 0. The highest BCUT2D eigenvalue weighted by Crippen LogP contribution is 2.02. The van der Waals surface area contributed by atoms with Crippen molar-refractivity contribution in [2.24, 2.45) is 5.92 Å². The highest BCUT2D eigenvalue weighted by atomic mass is 16.1. The Kier molecular flexibility index (Phi) is 9.69. The van der Waals surface area contributed by atoms with E-state index in [-0.39, 0.29) is 13.5 Å². The normalized spacial score (nSPS) is 11.8. The van der Waals surface area contributed by atoms with Crippen LogP contribution in [-0.2, 0) is 4.79 Å². The largest absolute Gasteiger partial charge is 0.344 e. The van der Waals surface area contributed by atoms with Crippen molar-refractivity contribution in [3.05, 3.63) is 0 Å². The molecule has 0 heterocycles. The number of carbonyl (C=O) groups is 1. The molecule has 0 aromatic heterocycles. The van der Waals surface area contributed by atoms with Crippen molar-refractivity contribution in [2.45, 2.75) is 33.1 Å². The first-order chi connectivity index (χ1) is 3.81. The van der Waals surface area contributed by atoms with Gasteiger partial charge in [-0.1, -0.05) is 26.7 Å². The number of carbonyl (C=O) groups excluding carboxylic acids is 1. The maximum atomic E-state index is 10.0. The second-order valence-electron chi connectivity index (χ2n) is 2.26. The molecule has 3 N–H and O–H groups in total. The minimum absolute atomic E-state index is 0. The summed E-state index contributed by atoms with van der Waals surface area (Å²) in [5, 5.41) is 0. The van der Waals surface area contributed by atoms with Gasteiger partial charge in [-0.05, 0) is 6.42 Å². The summed E-state index contributed by atoms with van der Waals surface area (Å²) in [4.78, 5) is 10.0. The summed E-state index contributed by atoms with van der Waals surface area (Å²) in [5.74, 6) is 0.273. The maximum Gasteiger partial charge on any atom is 0.122 e. The molecule has 0 aromatic carbocycles. The second-order valence-corrected chi connectivity index (χ2v) is 2.26. The summed E-state index contributed by atoms with van der Waals surface area (Å²) in [6, 6.07) is 0. The fourth-order valence-electron chi connectivity index (χ4n) is 0.594. The van der Waals surface area contributed by atoms with E-state index in [1.54, 1.807) is 0 Å². The van der Waals surface area contributed by atoms with Gasteiger partial charge in [0, 0.05) is 7.34 Å². The van der Waals surface area contributed by atoms with Crippen LogP contribution in [0, 0.1) is 5.92 Å². The molecule has 0 radical (unpaired) electrons. The smallest absolute Gasteiger partial charge is 0.122 e. The van der Waals surface area contributed by atoms with E-state index < -0.39 is 0 Å². The van der Waals surface area contributed by atoms with Crippen LogP contribution < -0.4 is 6.15 Å². The molecule has 0 bridgehead atoms. The molecule has 0 saturated heterocycles. The number of hydrogen-bond acceptors (Lipinski definition) is 2. The monoisotopic (exact) mass is 133 g/mol. The third kappa shape index (κ3) is 7.63. The Morgan fingerprint density at radius 2 is 2.22 bits per heavy atom. The van der Waals surface area contributed by atoms with E-state index in [0.717, 1.165) is 12.7 Å². The molecule has 0 aliphatic heterocycles. The minimum Gasteiger partial charge on any atom is -0.344 e. The lowest BCUT2D eigenvalue weighted by atomic mass is 10.1. The van der Waals surface area contributed by atoms with Crippen LogP contribution in [0.3, 0.4) is 0 Å². The van der Waals surface area contributed by atoms with Crippen molar-refractivity contribution >= 4 is 6.29 Å². The lowest BCUT2D eigenvalue weighted by Crippen LogP contribution is -1.93. The molecule has 2 heteroatoms. The first-order valence-electron chi connectivity index (χ1n) is 3.26. The molecule has 9 heavy (non-hydrogen) atoms. The summed E-state index contributed by atoms with van der Waals surface area (Å²) in [5.41, 5.74) is 0. The second kappa shape index (κ2) is 7.63. The van der Waals surface area contributed by atoms with Crippen molar-refractivity contribution in [3.8, 4) is 0 Å². The highest BCUT2D eigenvalue weighted by Gasteiger charge is 1.95. The molecule has 2 nitrogen and oxygen atoms in total. The molecular formula is C7H19NO. The molecule has 0 amide bonds. The zero-order valence-electron chi connectivity index (χ0n) is 6.39. The van der Waals surface area contributed by atoms with E-state index in [4.69, 9.17) is 0 Å². The van der Waals surface area contributed by atoms with Crippen LogP contribution in [0.5, 0.6) is 0 Å². The average Bonchev–Trinajstić information content (AvgIpc) is 1.83. The lowest BCUT2D eigenvalue weighted by Gasteiger charge is -1.97. The van der Waals surface area contributed by atoms with Crippen molar-refractivity contribution in [2.75, 3.05) is 0 Å². The molecule has 0 aliphatic rings. The summed E-state index contributed by atoms with van der Waals surface area (Å²) in [6.07, 6.45) is 4.45. The third-order valence-electron chi connectivity index (χ3n) is 1.25. The summed E-state index contributed by atoms with van der Waals surface area (Å²) < 4.78 is 0. The van der Waals surface area contributed by atoms with Gasteiger partial charge in [-0.3, -0.25) is 0 Å². The SMILES string of the molecule is CCCCC(C)C=O.N.[HH]. The van der Waals surface area contributed by atoms with E-state index in [1.165, 1.54) is 12.8 Å². The maximum absolute atomic E-state index is 10.0. The number of rotatable bonds is 4. The van der Waals surface area contributed by atoms with Crippen molar-refractivity contribution in [3.63, 3.8) is 0 Å². The standard InChI is InChI=1S/C7H14O.H3N.H2/c1-3-4-5-7(2)6-8;;/h6-7H,3-5H2,1-2H3;1H3;1H. The fraction of sp³-hybridized carbons (Fsp3) is 0.857. The molecule has 0 aromatic rings. The molecule has 1 unspecified atom stereocenters. The van der Waals surface area contributed by atoms with Gasteiger partial charge < -0.3 is 10.9 Å². The number of unbranched alkanes of at least 4 members (excludes halogenated alkanes) is 1. The molecule has 0 aliphatic carbocycles. The number of hydrogen-bond donors (Lipinski definition) is 1. The van der Waals surface area contributed by atoms with Crippen LogP contribution in [0.25, 0.3) is 0 Å². The van der Waals surface area contributed by atoms with Crippen molar-refractivity contribution in [1.82, 2.24) is 6.15 Å². The van der Waals surface area contributed by atoms with Gasteiger partial charge >= 0.3 is 0 Å². The van der Waals surface area contributed by atoms with Crippen LogP contribution in [0.15, 0.2) is 0 Å². The van der Waals surface area contributed by atoms with Crippen LogP contribution in [0.2, 0.25) is 0 Å². The zero-order chi connectivity index (χ0) is 6.41. The Morgan fingerprint density at radius 3 is 2.56 bits per heavy atom. The average molecular weight is 133 g/mol. The van der Waals surface area contributed by atoms with Crippen LogP contribution in [0.1, 0.15) is 34.5 Å². The molecule has 0 rings (SSSR count). The first-order valence-corrected chi connectivity index (χ1v) is 3.26. The van der Waals surface area contributed by atoms with Gasteiger partial charge in [0.25, 0.3) is 0 Å². The predicted octanol–water partition coefficient (Wildman–Crippen LogP) is 2.42. The van der Waals surface area contributed by atoms with Gasteiger partial charge in [-0.2, -0.15) is 0 Å². The minimum atomic E-state index is 0. The number of aldehydes is 1. The molecule has 58 valence electrons. The zero-order valence-corrected chi connectivity index (χ0v) is 6.39. The van der Waals surface area contributed by atoms with E-state index in [2.05, 4.69) is 6.92 Å². The Bertz CT molecular complexity index is 68.6. The van der Waals surface area contributed by atoms with Gasteiger partial charge in [0.15, 0.2) is 0 Å². The Morgan fingerprint density at radius 1 is 1.67 bits per heavy atom. The summed E-state index contributed by atoms with van der Waals surface area (Å²) in [7, 11) is 0. The van der Waals surface area contributed by atoms with Crippen LogP contribution in [0.4, 0.5) is 0 Å². The molecule has 0 saturated carbocycles. The van der Waals surface area contributed by atoms with E-state index >= 15 is 0 Å². The first kappa shape index (κ1) is 11.4. The highest BCUT2D eigenvalue weighted by molar-refractivity contribution is 5.52. The molecule has 1 atom stereocenters. The Labute approximate surface area is 58.7 Å². The summed E-state index contributed by atoms with van der Waals surface area (Å²) in [6.45, 7) is 4.10. The fourth-order valence-corrected chi connectivity index (χ4v) is 0.594.